The third-order valence-corrected chi connectivity index (χ3v) is 7.92. The van der Waals surface area contributed by atoms with Gasteiger partial charge in [0.1, 0.15) is 0 Å². The smallest absolute Gasteiger partial charge is 0.164 e. The minimum atomic E-state index is 0.666. The Morgan fingerprint density at radius 1 is 0.474 bits per heavy atom. The quantitative estimate of drug-likeness (QED) is 0.239. The number of nitrogens with zero attached hydrogens (tertiary/aromatic N) is 3. The highest BCUT2D eigenvalue weighted by molar-refractivity contribution is 7.25. The summed E-state index contributed by atoms with van der Waals surface area (Å²) in [6, 6.07) is 42.0. The zero-order chi connectivity index (χ0) is 25.5. The fourth-order valence-corrected chi connectivity index (χ4v) is 6.05. The Kier molecular flexibility index (Phi) is 5.53. The van der Waals surface area contributed by atoms with Crippen molar-refractivity contribution in [3.8, 4) is 45.3 Å². The lowest BCUT2D eigenvalue weighted by atomic mass is 10.0. The van der Waals surface area contributed by atoms with Crippen LogP contribution in [0, 0.1) is 6.92 Å². The van der Waals surface area contributed by atoms with Gasteiger partial charge in [-0.25, -0.2) is 15.0 Å². The van der Waals surface area contributed by atoms with Gasteiger partial charge in [0.2, 0.25) is 0 Å². The number of benzene rings is 5. The third kappa shape index (κ3) is 4.05. The third-order valence-electron chi connectivity index (χ3n) is 6.79. The summed E-state index contributed by atoms with van der Waals surface area (Å²) in [6.07, 6.45) is 0. The Morgan fingerprint density at radius 2 is 1.11 bits per heavy atom. The summed E-state index contributed by atoms with van der Waals surface area (Å²) in [5.74, 6) is 2.02. The van der Waals surface area contributed by atoms with Crippen LogP contribution in [0.4, 0.5) is 0 Å². The highest BCUT2D eigenvalue weighted by Gasteiger charge is 2.17. The van der Waals surface area contributed by atoms with Crippen molar-refractivity contribution in [1.29, 1.82) is 0 Å². The van der Waals surface area contributed by atoms with Crippen molar-refractivity contribution in [1.82, 2.24) is 15.0 Å². The minimum Gasteiger partial charge on any atom is -0.208 e. The van der Waals surface area contributed by atoms with Crippen LogP contribution >= 0.6 is 11.3 Å². The van der Waals surface area contributed by atoms with E-state index in [1.165, 1.54) is 25.7 Å². The molecule has 0 aliphatic carbocycles. The first-order chi connectivity index (χ1) is 18.7. The van der Waals surface area contributed by atoms with E-state index in [-0.39, 0.29) is 0 Å². The number of aromatic nitrogens is 3. The van der Waals surface area contributed by atoms with Gasteiger partial charge in [0.15, 0.2) is 17.5 Å². The van der Waals surface area contributed by atoms with Crippen LogP contribution in [-0.2, 0) is 0 Å². The summed E-state index contributed by atoms with van der Waals surface area (Å²) in [5, 5.41) is 2.44. The maximum absolute atomic E-state index is 5.08. The summed E-state index contributed by atoms with van der Waals surface area (Å²) in [5.41, 5.74) is 6.50. The molecule has 0 N–H and O–H groups in total. The molecule has 0 unspecified atom stereocenters. The van der Waals surface area contributed by atoms with Crippen LogP contribution in [0.3, 0.4) is 0 Å². The van der Waals surface area contributed by atoms with Gasteiger partial charge in [0.05, 0.1) is 0 Å². The van der Waals surface area contributed by atoms with E-state index < -0.39 is 0 Å². The highest BCUT2D eigenvalue weighted by Crippen LogP contribution is 2.40. The average Bonchev–Trinajstić information content (AvgIpc) is 3.36. The van der Waals surface area contributed by atoms with Gasteiger partial charge in [-0.2, -0.15) is 0 Å². The summed E-state index contributed by atoms with van der Waals surface area (Å²) in [4.78, 5) is 15.1. The Bertz CT molecular complexity index is 1930. The van der Waals surface area contributed by atoms with Crippen LogP contribution in [0.1, 0.15) is 5.56 Å². The summed E-state index contributed by atoms with van der Waals surface area (Å²) in [7, 11) is 0. The molecule has 0 fully saturated rings. The van der Waals surface area contributed by atoms with E-state index >= 15 is 0 Å². The standard InChI is InChI=1S/C34H23N3S/c1-22-18-19-29-28(20-22)31-27(16-9-17-30(31)38-29)34-36-32(24-12-6-3-7-13-24)35-33(37-34)26-15-8-14-25(21-26)23-10-4-2-5-11-23/h2-21H,1H3. The molecule has 4 heteroatoms. The number of thiophene rings is 1. The molecule has 0 atom stereocenters. The zero-order valence-corrected chi connectivity index (χ0v) is 21.6. The predicted molar refractivity (Wildman–Crippen MR) is 159 cm³/mol. The molecule has 5 aromatic carbocycles. The summed E-state index contributed by atoms with van der Waals surface area (Å²) < 4.78 is 2.50. The van der Waals surface area contributed by atoms with Crippen LogP contribution in [0.25, 0.3) is 65.5 Å². The van der Waals surface area contributed by atoms with Crippen LogP contribution < -0.4 is 0 Å². The molecule has 2 aromatic heterocycles. The molecule has 0 saturated carbocycles. The van der Waals surface area contributed by atoms with Crippen molar-refractivity contribution < 1.29 is 0 Å². The topological polar surface area (TPSA) is 38.7 Å². The van der Waals surface area contributed by atoms with Gasteiger partial charge >= 0.3 is 0 Å². The summed E-state index contributed by atoms with van der Waals surface area (Å²) in [6.45, 7) is 2.14. The Balaban J connectivity index is 1.47. The van der Waals surface area contributed by atoms with Crippen molar-refractivity contribution in [3.05, 3.63) is 127 Å². The van der Waals surface area contributed by atoms with Gasteiger partial charge in [0.25, 0.3) is 0 Å². The molecule has 7 rings (SSSR count). The molecule has 180 valence electrons. The second-order valence-electron chi connectivity index (χ2n) is 9.40. The fourth-order valence-electron chi connectivity index (χ4n) is 4.94. The molecule has 0 aliphatic rings. The van der Waals surface area contributed by atoms with Crippen LogP contribution in [0.2, 0.25) is 0 Å². The van der Waals surface area contributed by atoms with E-state index in [0.717, 1.165) is 27.8 Å². The van der Waals surface area contributed by atoms with Gasteiger partial charge in [-0.3, -0.25) is 0 Å². The van der Waals surface area contributed by atoms with Crippen molar-refractivity contribution >= 4 is 31.5 Å². The molecule has 0 bridgehead atoms. The molecule has 7 aromatic rings. The second-order valence-corrected chi connectivity index (χ2v) is 10.5. The SMILES string of the molecule is Cc1ccc2sc3cccc(-c4nc(-c5ccccc5)nc(-c5cccc(-c6ccccc6)c5)n4)c3c2c1. The molecule has 0 spiro atoms. The van der Waals surface area contributed by atoms with Crippen molar-refractivity contribution in [2.24, 2.45) is 0 Å². The van der Waals surface area contributed by atoms with Gasteiger partial charge in [-0.1, -0.05) is 103 Å². The van der Waals surface area contributed by atoms with E-state index in [4.69, 9.17) is 15.0 Å². The Hall–Kier alpha value is -4.67. The van der Waals surface area contributed by atoms with Crippen molar-refractivity contribution in [3.63, 3.8) is 0 Å². The molecule has 0 radical (unpaired) electrons. The lowest BCUT2D eigenvalue weighted by Gasteiger charge is -2.10. The van der Waals surface area contributed by atoms with Crippen molar-refractivity contribution in [2.45, 2.75) is 6.92 Å². The first kappa shape index (κ1) is 22.5. The molecule has 3 nitrogen and oxygen atoms in total. The minimum absolute atomic E-state index is 0.666. The Morgan fingerprint density at radius 3 is 1.89 bits per heavy atom. The van der Waals surface area contributed by atoms with Crippen molar-refractivity contribution in [2.75, 3.05) is 0 Å². The van der Waals surface area contributed by atoms with Crippen LogP contribution in [-0.4, -0.2) is 15.0 Å². The van der Waals surface area contributed by atoms with E-state index in [1.807, 2.05) is 47.7 Å². The lowest BCUT2D eigenvalue weighted by molar-refractivity contribution is 1.08. The van der Waals surface area contributed by atoms with Crippen LogP contribution in [0.15, 0.2) is 121 Å². The highest BCUT2D eigenvalue weighted by atomic mass is 32.1. The second kappa shape index (κ2) is 9.33. The van der Waals surface area contributed by atoms with Gasteiger partial charge in [0, 0.05) is 36.9 Å². The van der Waals surface area contributed by atoms with Gasteiger partial charge in [-0.15, -0.1) is 11.3 Å². The largest absolute Gasteiger partial charge is 0.208 e. The molecule has 0 saturated heterocycles. The monoisotopic (exact) mass is 505 g/mol. The normalized spacial score (nSPS) is 11.3. The fraction of sp³-hybridized carbons (Fsp3) is 0.0294. The number of rotatable bonds is 4. The maximum Gasteiger partial charge on any atom is 0.164 e. The molecule has 2 heterocycles. The first-order valence-corrected chi connectivity index (χ1v) is 13.4. The Labute approximate surface area is 225 Å². The molecule has 0 amide bonds. The average molecular weight is 506 g/mol. The molecular formula is C34H23N3S. The number of fused-ring (bicyclic) bond motifs is 3. The van der Waals surface area contributed by atoms with Gasteiger partial charge < -0.3 is 0 Å². The van der Waals surface area contributed by atoms with E-state index in [1.54, 1.807) is 0 Å². The number of hydrogen-bond acceptors (Lipinski definition) is 4. The maximum atomic E-state index is 5.08. The predicted octanol–water partition coefficient (Wildman–Crippen LogP) is 9.22. The molecular weight excluding hydrogens is 482 g/mol. The number of hydrogen-bond donors (Lipinski definition) is 0. The van der Waals surface area contributed by atoms with Gasteiger partial charge in [-0.05, 0) is 42.3 Å². The van der Waals surface area contributed by atoms with E-state index in [9.17, 15) is 0 Å². The first-order valence-electron chi connectivity index (χ1n) is 12.6. The molecule has 0 aliphatic heterocycles. The van der Waals surface area contributed by atoms with E-state index in [2.05, 4.69) is 91.9 Å². The van der Waals surface area contributed by atoms with Crippen LogP contribution in [0.5, 0.6) is 0 Å². The zero-order valence-electron chi connectivity index (χ0n) is 20.8. The lowest BCUT2D eigenvalue weighted by Crippen LogP contribution is -2.00. The molecule has 38 heavy (non-hydrogen) atoms. The van der Waals surface area contributed by atoms with E-state index in [0.29, 0.717) is 17.5 Å². The summed E-state index contributed by atoms with van der Waals surface area (Å²) >= 11 is 1.81. The number of aryl methyl sites for hydroxylation is 1.